The number of anilines is 1. The van der Waals surface area contributed by atoms with Crippen LogP contribution in [-0.2, 0) is 16.1 Å². The molecule has 2 atom stereocenters. The van der Waals surface area contributed by atoms with Gasteiger partial charge in [-0.1, -0.05) is 59.8 Å². The van der Waals surface area contributed by atoms with E-state index in [0.717, 1.165) is 11.1 Å². The highest BCUT2D eigenvalue weighted by Crippen LogP contribution is 2.35. The lowest BCUT2D eigenvalue weighted by Crippen LogP contribution is -2.46. The molecule has 7 nitrogen and oxygen atoms in total. The van der Waals surface area contributed by atoms with Crippen molar-refractivity contribution in [3.8, 4) is 0 Å². The monoisotopic (exact) mass is 540 g/mol. The second-order valence-corrected chi connectivity index (χ2v) is 11.2. The number of halogens is 1. The van der Waals surface area contributed by atoms with Gasteiger partial charge in [-0.15, -0.1) is 0 Å². The molecule has 0 spiro atoms. The Hall–Kier alpha value is -2.72. The average molecular weight is 541 g/mol. The third kappa shape index (κ3) is 4.80. The van der Waals surface area contributed by atoms with E-state index in [1.165, 1.54) is 21.1 Å². The van der Waals surface area contributed by atoms with Crippen molar-refractivity contribution in [3.63, 3.8) is 0 Å². The molecule has 0 bridgehead atoms. The summed E-state index contributed by atoms with van der Waals surface area (Å²) in [6.07, 6.45) is 3.36. The quantitative estimate of drug-likeness (QED) is 0.352. The number of hydrogen-bond acceptors (Lipinski definition) is 7. The molecule has 0 saturated carbocycles. The molecule has 186 valence electrons. The third-order valence-electron chi connectivity index (χ3n) is 6.14. The van der Waals surface area contributed by atoms with Crippen molar-refractivity contribution in [2.24, 2.45) is 0 Å². The van der Waals surface area contributed by atoms with Crippen molar-refractivity contribution in [2.75, 3.05) is 18.0 Å². The fourth-order valence-corrected chi connectivity index (χ4v) is 5.96. The lowest BCUT2D eigenvalue weighted by Gasteiger charge is -2.36. The van der Waals surface area contributed by atoms with Gasteiger partial charge in [-0.2, -0.15) is 0 Å². The van der Waals surface area contributed by atoms with Crippen molar-refractivity contribution in [1.82, 2.24) is 14.3 Å². The number of rotatable bonds is 4. The van der Waals surface area contributed by atoms with Crippen molar-refractivity contribution < 1.29 is 9.53 Å². The Morgan fingerprint density at radius 3 is 2.61 bits per heavy atom. The normalized spacial score (nSPS) is 21.7. The summed E-state index contributed by atoms with van der Waals surface area (Å²) in [6, 6.07) is 11.1. The van der Waals surface area contributed by atoms with Gasteiger partial charge in [-0.05, 0) is 50.1 Å². The molecule has 3 aromatic rings. The van der Waals surface area contributed by atoms with Gasteiger partial charge >= 0.3 is 0 Å². The second-order valence-electron chi connectivity index (χ2n) is 9.11. The largest absolute Gasteiger partial charge is 0.372 e. The van der Waals surface area contributed by atoms with Gasteiger partial charge in [-0.25, -0.2) is 4.98 Å². The lowest BCUT2D eigenvalue weighted by molar-refractivity contribution is -0.122. The maximum Gasteiger partial charge on any atom is 0.267 e. The molecule has 4 heterocycles. The Balaban J connectivity index is 1.59. The number of ether oxygens (including phenoxy) is 1. The van der Waals surface area contributed by atoms with Gasteiger partial charge in [0.1, 0.15) is 15.8 Å². The number of carbonyl (C=O) groups is 1. The highest BCUT2D eigenvalue weighted by atomic mass is 35.5. The predicted molar refractivity (Wildman–Crippen MR) is 149 cm³/mol. The Bertz CT molecular complexity index is 1460. The van der Waals surface area contributed by atoms with Gasteiger partial charge in [0.05, 0.1) is 29.2 Å². The number of nitrogens with zero attached hydrogens (tertiary/aromatic N) is 4. The minimum absolute atomic E-state index is 0.0197. The van der Waals surface area contributed by atoms with Gasteiger partial charge in [-0.3, -0.25) is 18.9 Å². The van der Waals surface area contributed by atoms with E-state index in [9.17, 15) is 9.59 Å². The second kappa shape index (κ2) is 9.97. The molecule has 2 fully saturated rings. The van der Waals surface area contributed by atoms with Crippen molar-refractivity contribution in [2.45, 2.75) is 39.5 Å². The number of amides is 1. The molecule has 2 aliphatic heterocycles. The van der Waals surface area contributed by atoms with E-state index < -0.39 is 0 Å². The first-order valence-electron chi connectivity index (χ1n) is 11.6. The molecule has 10 heteroatoms. The minimum atomic E-state index is -0.256. The summed E-state index contributed by atoms with van der Waals surface area (Å²) >= 11 is 13.0. The number of pyridine rings is 1. The van der Waals surface area contributed by atoms with Crippen LogP contribution in [0.1, 0.15) is 30.5 Å². The van der Waals surface area contributed by atoms with Crippen LogP contribution in [0.4, 0.5) is 5.82 Å². The zero-order chi connectivity index (χ0) is 25.6. The Morgan fingerprint density at radius 2 is 1.89 bits per heavy atom. The van der Waals surface area contributed by atoms with E-state index in [4.69, 9.17) is 33.5 Å². The molecule has 0 radical (unpaired) electrons. The van der Waals surface area contributed by atoms with Crippen LogP contribution in [-0.4, -0.2) is 49.8 Å². The predicted octanol–water partition coefficient (Wildman–Crippen LogP) is 4.67. The summed E-state index contributed by atoms with van der Waals surface area (Å²) < 4.78 is 7.85. The van der Waals surface area contributed by atoms with E-state index in [1.54, 1.807) is 18.3 Å². The number of aromatic nitrogens is 2. The van der Waals surface area contributed by atoms with Crippen LogP contribution < -0.4 is 10.5 Å². The third-order valence-corrected chi connectivity index (χ3v) is 7.89. The van der Waals surface area contributed by atoms with Crippen LogP contribution in [0.5, 0.6) is 0 Å². The Labute approximate surface area is 223 Å². The molecule has 2 unspecified atom stereocenters. The van der Waals surface area contributed by atoms with Crippen LogP contribution in [0.3, 0.4) is 0 Å². The smallest absolute Gasteiger partial charge is 0.267 e. The molecular formula is C26H25ClN4O3S2. The van der Waals surface area contributed by atoms with Crippen molar-refractivity contribution >= 4 is 63.3 Å². The number of fused-ring (bicyclic) bond motifs is 1. The maximum absolute atomic E-state index is 13.7. The van der Waals surface area contributed by atoms with Gasteiger partial charge in [0.2, 0.25) is 0 Å². The summed E-state index contributed by atoms with van der Waals surface area (Å²) in [6.45, 7) is 7.37. The number of morpholine rings is 1. The summed E-state index contributed by atoms with van der Waals surface area (Å²) in [5, 5.41) is 0.570. The van der Waals surface area contributed by atoms with Gasteiger partial charge < -0.3 is 9.64 Å². The van der Waals surface area contributed by atoms with Crippen molar-refractivity contribution in [1.29, 1.82) is 0 Å². The first kappa shape index (κ1) is 25.0. The molecule has 2 aromatic heterocycles. The molecule has 1 amide bonds. The number of benzene rings is 1. The number of hydrogen-bond donors (Lipinski definition) is 0. The van der Waals surface area contributed by atoms with E-state index >= 15 is 0 Å². The number of aryl methyl sites for hydroxylation is 1. The molecule has 1 aromatic carbocycles. The summed E-state index contributed by atoms with van der Waals surface area (Å²) in [5.41, 5.74) is 2.41. The van der Waals surface area contributed by atoms with Gasteiger partial charge in [0.15, 0.2) is 0 Å². The average Bonchev–Trinajstić information content (AvgIpc) is 3.09. The topological polar surface area (TPSA) is 67.2 Å². The fraction of sp³-hybridized carbons (Fsp3) is 0.308. The Kier molecular flexibility index (Phi) is 6.91. The number of thioether (sulfide) groups is 1. The van der Waals surface area contributed by atoms with Crippen LogP contribution in [0.25, 0.3) is 11.7 Å². The first-order valence-corrected chi connectivity index (χ1v) is 13.2. The molecule has 2 aliphatic rings. The fourth-order valence-electron chi connectivity index (χ4n) is 4.53. The number of thiocarbonyl (C=S) groups is 1. The van der Waals surface area contributed by atoms with E-state index in [2.05, 4.69) is 4.90 Å². The highest BCUT2D eigenvalue weighted by molar-refractivity contribution is 8.26. The lowest BCUT2D eigenvalue weighted by atomic mass is 10.1. The molecule has 2 saturated heterocycles. The summed E-state index contributed by atoms with van der Waals surface area (Å²) in [4.78, 5) is 36.0. The SMILES string of the molecule is Cc1ccc2nc(N3CC(C)OC(C)C3)c(/C=C3/SC(=S)N(Cc4ccccc4Cl)C3=O)c(=O)n2c1. The zero-order valence-corrected chi connectivity index (χ0v) is 22.5. The van der Waals surface area contributed by atoms with E-state index in [1.807, 2.05) is 51.1 Å². The molecule has 5 rings (SSSR count). The zero-order valence-electron chi connectivity index (χ0n) is 20.1. The molecule has 0 aliphatic carbocycles. The standard InChI is InChI=1S/C26H25ClN4O3S2/c1-15-8-9-22-28-23(29-12-16(2)34-17(3)13-29)19(24(32)30(22)11-15)10-21-25(33)31(26(35)36-21)14-18-6-4-5-7-20(18)27/h4-11,16-17H,12-14H2,1-3H3/b21-10+. The summed E-state index contributed by atoms with van der Waals surface area (Å²) in [5.74, 6) is 0.288. The van der Waals surface area contributed by atoms with Crippen LogP contribution in [0.2, 0.25) is 5.02 Å². The molecule has 36 heavy (non-hydrogen) atoms. The number of carbonyl (C=O) groups excluding carboxylic acids is 1. The highest BCUT2D eigenvalue weighted by Gasteiger charge is 2.34. The van der Waals surface area contributed by atoms with Gasteiger partial charge in [0.25, 0.3) is 11.5 Å². The molecular weight excluding hydrogens is 516 g/mol. The Morgan fingerprint density at radius 1 is 1.17 bits per heavy atom. The summed E-state index contributed by atoms with van der Waals surface area (Å²) in [7, 11) is 0. The molecule has 0 N–H and O–H groups in total. The van der Waals surface area contributed by atoms with Crippen LogP contribution in [0.15, 0.2) is 52.3 Å². The van der Waals surface area contributed by atoms with Gasteiger partial charge in [0, 0.05) is 24.3 Å². The van der Waals surface area contributed by atoms with E-state index in [-0.39, 0.29) is 30.2 Å². The first-order chi connectivity index (χ1) is 17.2. The van der Waals surface area contributed by atoms with E-state index in [0.29, 0.717) is 44.4 Å². The maximum atomic E-state index is 13.7. The van der Waals surface area contributed by atoms with Crippen molar-refractivity contribution in [3.05, 3.63) is 79.6 Å². The van der Waals surface area contributed by atoms with Crippen LogP contribution >= 0.6 is 35.6 Å². The minimum Gasteiger partial charge on any atom is -0.372 e. The van der Waals surface area contributed by atoms with Crippen LogP contribution in [0, 0.1) is 6.92 Å².